The number of aliphatic hydroxyl groups is 1. The summed E-state index contributed by atoms with van der Waals surface area (Å²) in [6, 6.07) is -0.670. The molecule has 1 atom stereocenters. The van der Waals surface area contributed by atoms with Gasteiger partial charge in [0.15, 0.2) is 0 Å². The van der Waals surface area contributed by atoms with E-state index >= 15 is 0 Å². The van der Waals surface area contributed by atoms with Crippen molar-refractivity contribution in [2.24, 2.45) is 0 Å². The summed E-state index contributed by atoms with van der Waals surface area (Å²) in [6.45, 7) is 10.3. The normalized spacial score (nSPS) is 19.1. The lowest BCUT2D eigenvalue weighted by molar-refractivity contribution is -0.0780. The third-order valence-corrected chi connectivity index (χ3v) is 2.58. The SMILES string of the molecule is CC(C)(C)OC(=O)N1CC=CC(CO)N1C(=O)OC(C)(C)C. The Morgan fingerprint density at radius 1 is 1.09 bits per heavy atom. The summed E-state index contributed by atoms with van der Waals surface area (Å²) < 4.78 is 10.6. The van der Waals surface area contributed by atoms with Gasteiger partial charge in [0, 0.05) is 0 Å². The zero-order valence-corrected chi connectivity index (χ0v) is 14.1. The number of ether oxygens (including phenoxy) is 2. The molecule has 126 valence electrons. The number of carbonyl (C=O) groups excluding carboxylic acids is 2. The van der Waals surface area contributed by atoms with Crippen LogP contribution in [0.2, 0.25) is 0 Å². The van der Waals surface area contributed by atoms with Crippen molar-refractivity contribution in [3.8, 4) is 0 Å². The first-order chi connectivity index (χ1) is 9.94. The molecule has 1 rings (SSSR count). The Labute approximate surface area is 131 Å². The third kappa shape index (κ3) is 5.22. The van der Waals surface area contributed by atoms with Gasteiger partial charge >= 0.3 is 12.2 Å². The number of carbonyl (C=O) groups is 2. The van der Waals surface area contributed by atoms with Crippen molar-refractivity contribution in [1.82, 2.24) is 10.0 Å². The van der Waals surface area contributed by atoms with Crippen molar-refractivity contribution in [3.63, 3.8) is 0 Å². The van der Waals surface area contributed by atoms with Crippen LogP contribution in [-0.2, 0) is 9.47 Å². The van der Waals surface area contributed by atoms with E-state index in [0.29, 0.717) is 0 Å². The van der Waals surface area contributed by atoms with Gasteiger partial charge in [-0.3, -0.25) is 0 Å². The van der Waals surface area contributed by atoms with E-state index < -0.39 is 29.4 Å². The van der Waals surface area contributed by atoms with Crippen LogP contribution in [-0.4, -0.2) is 57.7 Å². The minimum Gasteiger partial charge on any atom is -0.442 e. The molecule has 1 heterocycles. The first-order valence-corrected chi connectivity index (χ1v) is 7.25. The molecule has 0 aliphatic carbocycles. The fourth-order valence-electron chi connectivity index (χ4n) is 1.82. The van der Waals surface area contributed by atoms with Gasteiger partial charge in [0.25, 0.3) is 0 Å². The predicted molar refractivity (Wildman–Crippen MR) is 81.0 cm³/mol. The molecule has 0 aromatic heterocycles. The second-order valence-electron chi connectivity index (χ2n) is 7.07. The zero-order chi connectivity index (χ0) is 17.1. The smallest absolute Gasteiger partial charge is 0.430 e. The monoisotopic (exact) mass is 314 g/mol. The van der Waals surface area contributed by atoms with Crippen LogP contribution in [0.25, 0.3) is 0 Å². The lowest BCUT2D eigenvalue weighted by Crippen LogP contribution is -2.58. The lowest BCUT2D eigenvalue weighted by atomic mass is 10.2. The molecule has 0 saturated heterocycles. The van der Waals surface area contributed by atoms with Crippen molar-refractivity contribution in [1.29, 1.82) is 0 Å². The van der Waals surface area contributed by atoms with E-state index in [2.05, 4.69) is 0 Å². The second-order valence-corrected chi connectivity index (χ2v) is 7.07. The maximum absolute atomic E-state index is 12.4. The van der Waals surface area contributed by atoms with Crippen molar-refractivity contribution < 1.29 is 24.2 Å². The molecule has 22 heavy (non-hydrogen) atoms. The van der Waals surface area contributed by atoms with E-state index in [1.54, 1.807) is 53.7 Å². The van der Waals surface area contributed by atoms with Gasteiger partial charge in [0.1, 0.15) is 11.2 Å². The van der Waals surface area contributed by atoms with E-state index in [1.807, 2.05) is 0 Å². The predicted octanol–water partition coefficient (Wildman–Crippen LogP) is 2.31. The average Bonchev–Trinajstić information content (AvgIpc) is 2.33. The number of hydrogen-bond donors (Lipinski definition) is 1. The maximum atomic E-state index is 12.4. The van der Waals surface area contributed by atoms with Gasteiger partial charge in [0.05, 0.1) is 19.2 Å². The minimum atomic E-state index is -0.710. The van der Waals surface area contributed by atoms with Gasteiger partial charge in [-0.15, -0.1) is 0 Å². The fraction of sp³-hybridized carbons (Fsp3) is 0.733. The molecule has 0 spiro atoms. The number of amides is 2. The maximum Gasteiger partial charge on any atom is 0.430 e. The van der Waals surface area contributed by atoms with Crippen LogP contribution in [0.4, 0.5) is 9.59 Å². The van der Waals surface area contributed by atoms with Gasteiger partial charge in [-0.25, -0.2) is 19.6 Å². The highest BCUT2D eigenvalue weighted by molar-refractivity contribution is 5.75. The van der Waals surface area contributed by atoms with E-state index in [9.17, 15) is 14.7 Å². The lowest BCUT2D eigenvalue weighted by Gasteiger charge is -2.41. The molecule has 0 fully saturated rings. The summed E-state index contributed by atoms with van der Waals surface area (Å²) in [5.74, 6) is 0. The highest BCUT2D eigenvalue weighted by atomic mass is 16.6. The number of hydrazine groups is 1. The highest BCUT2D eigenvalue weighted by Crippen LogP contribution is 2.20. The van der Waals surface area contributed by atoms with Crippen molar-refractivity contribution in [3.05, 3.63) is 12.2 Å². The van der Waals surface area contributed by atoms with Gasteiger partial charge < -0.3 is 14.6 Å². The third-order valence-electron chi connectivity index (χ3n) is 2.58. The van der Waals surface area contributed by atoms with Gasteiger partial charge in [0.2, 0.25) is 0 Å². The largest absolute Gasteiger partial charge is 0.442 e. The average molecular weight is 314 g/mol. The molecular formula is C15H26N2O5. The molecule has 0 aromatic carbocycles. The summed E-state index contributed by atoms with van der Waals surface area (Å²) in [5.41, 5.74) is -1.40. The molecule has 0 radical (unpaired) electrons. The quantitative estimate of drug-likeness (QED) is 0.751. The summed E-state index contributed by atoms with van der Waals surface area (Å²) >= 11 is 0. The van der Waals surface area contributed by atoms with E-state index in [0.717, 1.165) is 10.0 Å². The van der Waals surface area contributed by atoms with Crippen LogP contribution in [0, 0.1) is 0 Å². The Hall–Kier alpha value is -1.76. The van der Waals surface area contributed by atoms with Crippen LogP contribution in [0.1, 0.15) is 41.5 Å². The van der Waals surface area contributed by atoms with E-state index in [-0.39, 0.29) is 13.2 Å². The molecule has 7 heteroatoms. The Balaban J connectivity index is 3.00. The summed E-state index contributed by atoms with van der Waals surface area (Å²) in [4.78, 5) is 24.7. The molecule has 1 N–H and O–H groups in total. The number of rotatable bonds is 1. The molecule has 0 bridgehead atoms. The summed E-state index contributed by atoms with van der Waals surface area (Å²) in [6.07, 6.45) is 1.99. The Kier molecular flexibility index (Phi) is 5.45. The van der Waals surface area contributed by atoms with Crippen LogP contribution < -0.4 is 0 Å². The Morgan fingerprint density at radius 2 is 1.59 bits per heavy atom. The van der Waals surface area contributed by atoms with Gasteiger partial charge in [-0.05, 0) is 41.5 Å². The molecule has 2 amide bonds. The molecule has 7 nitrogen and oxygen atoms in total. The molecule has 1 aliphatic rings. The Morgan fingerprint density at radius 3 is 2.05 bits per heavy atom. The van der Waals surface area contributed by atoms with Crippen LogP contribution in [0.5, 0.6) is 0 Å². The standard InChI is InChI=1S/C15H26N2O5/c1-14(2,3)21-12(19)16-9-7-8-11(10-18)17(16)13(20)22-15(4,5)6/h7-8,11,18H,9-10H2,1-6H3. The van der Waals surface area contributed by atoms with Crippen molar-refractivity contribution in [2.75, 3.05) is 13.2 Å². The van der Waals surface area contributed by atoms with Gasteiger partial charge in [-0.1, -0.05) is 12.2 Å². The van der Waals surface area contributed by atoms with Crippen LogP contribution in [0.3, 0.4) is 0 Å². The fourth-order valence-corrected chi connectivity index (χ4v) is 1.82. The first kappa shape index (κ1) is 18.3. The summed E-state index contributed by atoms with van der Waals surface area (Å²) in [5, 5.41) is 11.7. The number of aliphatic hydroxyl groups excluding tert-OH is 1. The molecule has 1 unspecified atom stereocenters. The molecular weight excluding hydrogens is 288 g/mol. The molecule has 0 aromatic rings. The number of nitrogens with zero attached hydrogens (tertiary/aromatic N) is 2. The highest BCUT2D eigenvalue weighted by Gasteiger charge is 2.37. The van der Waals surface area contributed by atoms with Crippen LogP contribution in [0.15, 0.2) is 12.2 Å². The van der Waals surface area contributed by atoms with Gasteiger partial charge in [-0.2, -0.15) is 0 Å². The minimum absolute atomic E-state index is 0.171. The van der Waals surface area contributed by atoms with E-state index in [1.165, 1.54) is 0 Å². The summed E-state index contributed by atoms with van der Waals surface area (Å²) in [7, 11) is 0. The van der Waals surface area contributed by atoms with Crippen LogP contribution >= 0.6 is 0 Å². The first-order valence-electron chi connectivity index (χ1n) is 7.25. The Bertz CT molecular complexity index is 448. The van der Waals surface area contributed by atoms with Crippen molar-refractivity contribution in [2.45, 2.75) is 58.8 Å². The van der Waals surface area contributed by atoms with E-state index in [4.69, 9.17) is 9.47 Å². The molecule has 1 aliphatic heterocycles. The second kappa shape index (κ2) is 6.56. The molecule has 0 saturated carbocycles. The number of hydrogen-bond acceptors (Lipinski definition) is 5. The zero-order valence-electron chi connectivity index (χ0n) is 14.1. The van der Waals surface area contributed by atoms with Crippen molar-refractivity contribution >= 4 is 12.2 Å². The topological polar surface area (TPSA) is 79.3 Å².